The zero-order valence-electron chi connectivity index (χ0n) is 13.5. The highest BCUT2D eigenvalue weighted by Gasteiger charge is 2.45. The lowest BCUT2D eigenvalue weighted by molar-refractivity contribution is -0.116. The summed E-state index contributed by atoms with van der Waals surface area (Å²) in [6, 6.07) is 13.7. The molecular weight excluding hydrogens is 374 g/mol. The molecule has 0 saturated carbocycles. The highest BCUT2D eigenvalue weighted by molar-refractivity contribution is 6.60. The number of benzene rings is 2. The van der Waals surface area contributed by atoms with Gasteiger partial charge in [-0.1, -0.05) is 41.4 Å². The predicted octanol–water partition coefficient (Wildman–Crippen LogP) is 5.06. The average Bonchev–Trinajstić information content (AvgIpc) is 2.86. The molecule has 3 nitrogen and oxygen atoms in total. The van der Waals surface area contributed by atoms with E-state index < -0.39 is 10.2 Å². The first-order valence-electron chi connectivity index (χ1n) is 7.96. The number of halogens is 3. The summed E-state index contributed by atoms with van der Waals surface area (Å²) in [6.07, 6.45) is 4.02. The van der Waals surface area contributed by atoms with Crippen molar-refractivity contribution in [2.45, 2.75) is 10.8 Å². The molecule has 0 bridgehead atoms. The lowest BCUT2D eigenvalue weighted by atomic mass is 9.94. The molecule has 0 atom stereocenters. The van der Waals surface area contributed by atoms with E-state index in [1.807, 2.05) is 18.2 Å². The van der Waals surface area contributed by atoms with Gasteiger partial charge in [-0.3, -0.25) is 9.78 Å². The highest BCUT2D eigenvalue weighted by atomic mass is 35.5. The first kappa shape index (κ1) is 17.0. The molecular formula is C20H13Cl2FN2O. The Kier molecular flexibility index (Phi) is 4.17. The van der Waals surface area contributed by atoms with Gasteiger partial charge in [0.1, 0.15) is 5.82 Å². The minimum Gasteiger partial charge on any atom is -0.323 e. The smallest absolute Gasteiger partial charge is 0.265 e. The number of carbonyl (C=O) groups excluding carboxylic acids is 1. The van der Waals surface area contributed by atoms with Crippen LogP contribution in [0, 0.1) is 5.82 Å². The normalized spacial score (nSPS) is 14.8. The number of nitrogens with zero attached hydrogens (tertiary/aromatic N) is 1. The second-order valence-electron chi connectivity index (χ2n) is 6.13. The summed E-state index contributed by atoms with van der Waals surface area (Å²) in [5.74, 6) is -0.786. The molecule has 130 valence electrons. The number of amides is 1. The van der Waals surface area contributed by atoms with Gasteiger partial charge in [-0.2, -0.15) is 0 Å². The number of hydrogen-bond acceptors (Lipinski definition) is 2. The quantitative estimate of drug-likeness (QED) is 0.639. The maximum Gasteiger partial charge on any atom is 0.265 e. The van der Waals surface area contributed by atoms with Crippen molar-refractivity contribution in [3.8, 4) is 11.1 Å². The second-order valence-corrected chi connectivity index (χ2v) is 7.46. The molecule has 0 saturated heterocycles. The molecule has 26 heavy (non-hydrogen) atoms. The van der Waals surface area contributed by atoms with Crippen molar-refractivity contribution in [3.05, 3.63) is 83.4 Å². The van der Waals surface area contributed by atoms with Gasteiger partial charge in [0.05, 0.1) is 5.69 Å². The Hall–Kier alpha value is -2.43. The summed E-state index contributed by atoms with van der Waals surface area (Å²) < 4.78 is 11.6. The molecule has 0 radical (unpaired) electrons. The number of rotatable bonds is 3. The first-order chi connectivity index (χ1) is 12.4. The molecule has 6 heteroatoms. The zero-order valence-corrected chi connectivity index (χ0v) is 15.0. The fourth-order valence-corrected chi connectivity index (χ4v) is 3.48. The largest absolute Gasteiger partial charge is 0.323 e. The SMILES string of the molecule is O=C1Nc2c(Cc3cccnc3)cc(-c3ccc(F)cc3)cc2C1(Cl)Cl. The van der Waals surface area contributed by atoms with Crippen molar-refractivity contribution in [1.29, 1.82) is 0 Å². The van der Waals surface area contributed by atoms with Crippen LogP contribution in [0.4, 0.5) is 10.1 Å². The van der Waals surface area contributed by atoms with Crippen LogP contribution in [0.1, 0.15) is 16.7 Å². The maximum atomic E-state index is 13.3. The van der Waals surface area contributed by atoms with Gasteiger partial charge in [-0.15, -0.1) is 0 Å². The van der Waals surface area contributed by atoms with Crippen LogP contribution in [0.3, 0.4) is 0 Å². The van der Waals surface area contributed by atoms with Crippen LogP contribution < -0.4 is 5.32 Å². The monoisotopic (exact) mass is 386 g/mol. The van der Waals surface area contributed by atoms with Crippen LogP contribution in [0.25, 0.3) is 11.1 Å². The predicted molar refractivity (Wildman–Crippen MR) is 101 cm³/mol. The van der Waals surface area contributed by atoms with E-state index in [0.717, 1.165) is 22.3 Å². The van der Waals surface area contributed by atoms with Crippen molar-refractivity contribution in [2.24, 2.45) is 0 Å². The fourth-order valence-electron chi connectivity index (χ4n) is 3.08. The Morgan fingerprint density at radius 1 is 1.08 bits per heavy atom. The van der Waals surface area contributed by atoms with E-state index in [1.165, 1.54) is 12.1 Å². The molecule has 1 N–H and O–H groups in total. The number of alkyl halides is 2. The van der Waals surface area contributed by atoms with Crippen molar-refractivity contribution >= 4 is 34.8 Å². The number of fused-ring (bicyclic) bond motifs is 1. The standard InChI is InChI=1S/C20H13Cl2FN2O/c21-20(22)17-10-14(13-3-5-16(23)6-4-13)9-15(18(17)25-19(20)26)8-12-2-1-7-24-11-12/h1-7,9-11H,8H2,(H,25,26). The number of carbonyl (C=O) groups is 1. The third-order valence-electron chi connectivity index (χ3n) is 4.38. The minimum atomic E-state index is -1.66. The van der Waals surface area contributed by atoms with E-state index in [-0.39, 0.29) is 5.82 Å². The van der Waals surface area contributed by atoms with Gasteiger partial charge in [0, 0.05) is 24.4 Å². The maximum absolute atomic E-state index is 13.3. The Labute approximate surface area is 159 Å². The molecule has 1 aliphatic rings. The molecule has 0 fully saturated rings. The molecule has 0 spiro atoms. The van der Waals surface area contributed by atoms with Crippen LogP contribution in [0.15, 0.2) is 60.9 Å². The molecule has 3 aromatic rings. The molecule has 1 aliphatic heterocycles. The van der Waals surface area contributed by atoms with Gasteiger partial charge in [0.15, 0.2) is 0 Å². The van der Waals surface area contributed by atoms with E-state index >= 15 is 0 Å². The lowest BCUT2D eigenvalue weighted by Gasteiger charge is -2.15. The Morgan fingerprint density at radius 2 is 1.85 bits per heavy atom. The molecule has 4 rings (SSSR count). The van der Waals surface area contributed by atoms with E-state index in [4.69, 9.17) is 23.2 Å². The van der Waals surface area contributed by atoms with Crippen molar-refractivity contribution in [3.63, 3.8) is 0 Å². The van der Waals surface area contributed by atoms with Gasteiger partial charge in [-0.05, 0) is 52.6 Å². The summed E-state index contributed by atoms with van der Waals surface area (Å²) >= 11 is 12.6. The van der Waals surface area contributed by atoms with E-state index in [2.05, 4.69) is 10.3 Å². The van der Waals surface area contributed by atoms with E-state index in [9.17, 15) is 9.18 Å². The van der Waals surface area contributed by atoms with Gasteiger partial charge >= 0.3 is 0 Å². The lowest BCUT2D eigenvalue weighted by Crippen LogP contribution is -2.21. The Balaban J connectivity index is 1.87. The summed E-state index contributed by atoms with van der Waals surface area (Å²) in [5.41, 5.74) is 4.60. The summed E-state index contributed by atoms with van der Waals surface area (Å²) in [7, 11) is 0. The van der Waals surface area contributed by atoms with Crippen LogP contribution in [0.5, 0.6) is 0 Å². The number of hydrogen-bond donors (Lipinski definition) is 1. The summed E-state index contributed by atoms with van der Waals surface area (Å²) in [6.45, 7) is 0. The third kappa shape index (κ3) is 2.96. The number of anilines is 1. The Morgan fingerprint density at radius 3 is 2.54 bits per heavy atom. The number of aromatic nitrogens is 1. The molecule has 0 unspecified atom stereocenters. The van der Waals surface area contributed by atoms with Crippen molar-refractivity contribution in [1.82, 2.24) is 4.98 Å². The minimum absolute atomic E-state index is 0.314. The van der Waals surface area contributed by atoms with Gasteiger partial charge < -0.3 is 5.32 Å². The zero-order chi connectivity index (χ0) is 18.3. The molecule has 1 aromatic heterocycles. The summed E-state index contributed by atoms with van der Waals surface area (Å²) in [5, 5.41) is 2.78. The van der Waals surface area contributed by atoms with Crippen LogP contribution in [-0.4, -0.2) is 10.9 Å². The van der Waals surface area contributed by atoms with Crippen LogP contribution in [0.2, 0.25) is 0 Å². The van der Waals surface area contributed by atoms with Gasteiger partial charge in [0.2, 0.25) is 4.33 Å². The van der Waals surface area contributed by atoms with Gasteiger partial charge in [0.25, 0.3) is 5.91 Å². The van der Waals surface area contributed by atoms with Crippen LogP contribution >= 0.6 is 23.2 Å². The topological polar surface area (TPSA) is 42.0 Å². The van der Waals surface area contributed by atoms with E-state index in [0.29, 0.717) is 17.7 Å². The third-order valence-corrected chi connectivity index (χ3v) is 5.13. The molecule has 1 amide bonds. The summed E-state index contributed by atoms with van der Waals surface area (Å²) in [4.78, 5) is 16.3. The first-order valence-corrected chi connectivity index (χ1v) is 8.72. The van der Waals surface area contributed by atoms with Crippen molar-refractivity contribution < 1.29 is 9.18 Å². The highest BCUT2D eigenvalue weighted by Crippen LogP contribution is 2.47. The van der Waals surface area contributed by atoms with Crippen LogP contribution in [-0.2, 0) is 15.5 Å². The number of nitrogens with one attached hydrogen (secondary N) is 1. The van der Waals surface area contributed by atoms with Crippen molar-refractivity contribution in [2.75, 3.05) is 5.32 Å². The molecule has 0 aliphatic carbocycles. The molecule has 2 heterocycles. The van der Waals surface area contributed by atoms with E-state index in [1.54, 1.807) is 30.6 Å². The van der Waals surface area contributed by atoms with Gasteiger partial charge in [-0.25, -0.2) is 4.39 Å². The second kappa shape index (κ2) is 6.38. The Bertz CT molecular complexity index is 989. The number of pyridine rings is 1. The fraction of sp³-hybridized carbons (Fsp3) is 0.100. The average molecular weight is 387 g/mol. The molecule has 2 aromatic carbocycles.